The van der Waals surface area contributed by atoms with Crippen molar-refractivity contribution in [2.24, 2.45) is 0 Å². The molecule has 0 radical (unpaired) electrons. The molecule has 4 heterocycles. The molecule has 2 aromatic heterocycles. The number of fused-ring (bicyclic) bond motifs is 1. The molecule has 2 aliphatic rings. The van der Waals surface area contributed by atoms with Crippen LogP contribution in [0.1, 0.15) is 34.9 Å². The quantitative estimate of drug-likeness (QED) is 0.573. The molecule has 2 N–H and O–H groups in total. The van der Waals surface area contributed by atoms with E-state index in [0.29, 0.717) is 17.2 Å². The fourth-order valence-electron chi connectivity index (χ4n) is 4.51. The van der Waals surface area contributed by atoms with Gasteiger partial charge >= 0.3 is 0 Å². The zero-order valence-corrected chi connectivity index (χ0v) is 18.4. The van der Waals surface area contributed by atoms with Crippen LogP contribution in [0.5, 0.6) is 0 Å². The number of anilines is 1. The predicted molar refractivity (Wildman–Crippen MR) is 120 cm³/mol. The highest BCUT2D eigenvalue weighted by Gasteiger charge is 2.36. The van der Waals surface area contributed by atoms with E-state index >= 15 is 0 Å². The summed E-state index contributed by atoms with van der Waals surface area (Å²) in [6.45, 7) is 1.76. The Labute approximate surface area is 188 Å². The highest BCUT2D eigenvalue weighted by Crippen LogP contribution is 2.40. The molecule has 1 aromatic carbocycles. The molecule has 0 spiro atoms. The normalized spacial score (nSPS) is 23.2. The molecule has 2 fully saturated rings. The van der Waals surface area contributed by atoms with Crippen molar-refractivity contribution in [3.05, 3.63) is 53.6 Å². The molecule has 3 atom stereocenters. The average molecular weight is 459 g/mol. The molecule has 0 unspecified atom stereocenters. The predicted octanol–water partition coefficient (Wildman–Crippen LogP) is 2.97. The monoisotopic (exact) mass is 458 g/mol. The van der Waals surface area contributed by atoms with Crippen molar-refractivity contribution in [3.63, 3.8) is 0 Å². The van der Waals surface area contributed by atoms with Crippen molar-refractivity contribution in [2.75, 3.05) is 30.8 Å². The number of amides is 1. The molecule has 32 heavy (non-hydrogen) atoms. The van der Waals surface area contributed by atoms with Crippen molar-refractivity contribution in [2.45, 2.75) is 36.0 Å². The highest BCUT2D eigenvalue weighted by molar-refractivity contribution is 7.98. The number of imidazole rings is 1. The van der Waals surface area contributed by atoms with Crippen LogP contribution >= 0.6 is 11.8 Å². The Kier molecular flexibility index (Phi) is 5.73. The van der Waals surface area contributed by atoms with E-state index in [-0.39, 0.29) is 36.8 Å². The van der Waals surface area contributed by atoms with Crippen LogP contribution in [-0.4, -0.2) is 58.6 Å². The van der Waals surface area contributed by atoms with Crippen LogP contribution in [0.25, 0.3) is 5.65 Å². The molecule has 7 nitrogen and oxygen atoms in total. The van der Waals surface area contributed by atoms with E-state index in [2.05, 4.69) is 20.7 Å². The first kappa shape index (κ1) is 21.1. The molecule has 168 valence electrons. The zero-order valence-electron chi connectivity index (χ0n) is 17.6. The zero-order chi connectivity index (χ0) is 22.2. The molecular formula is C22H24F2N6OS. The number of rotatable bonds is 5. The number of carbonyl (C=O) groups is 1. The summed E-state index contributed by atoms with van der Waals surface area (Å²) in [5.74, 6) is -0.0704. The Morgan fingerprint density at radius 2 is 2.19 bits per heavy atom. The molecule has 0 saturated carbocycles. The summed E-state index contributed by atoms with van der Waals surface area (Å²) < 4.78 is 30.1. The van der Waals surface area contributed by atoms with Gasteiger partial charge in [0.15, 0.2) is 11.3 Å². The van der Waals surface area contributed by atoms with E-state index in [9.17, 15) is 13.6 Å². The van der Waals surface area contributed by atoms with Gasteiger partial charge in [0.1, 0.15) is 17.8 Å². The summed E-state index contributed by atoms with van der Waals surface area (Å²) in [6.07, 6.45) is 3.49. The third-order valence-corrected chi connectivity index (χ3v) is 6.88. The van der Waals surface area contributed by atoms with Gasteiger partial charge in [0, 0.05) is 23.9 Å². The standard InChI is InChI=1S/C22H24F2N6OS/c1-32-19-3-2-13(23)8-16(19)17-9-14(24)12-29(17)21-5-4-20-26-11-18(30(20)28-21)22(31)27-15-6-7-25-10-15/h2-5,8,11,14-15,17,25H,6-7,9-10,12H2,1H3,(H,27,31)/t14-,15-,17+/m0/s1. The number of halogens is 2. The number of benzene rings is 1. The highest BCUT2D eigenvalue weighted by atomic mass is 32.2. The number of carbonyl (C=O) groups excluding carboxylic acids is 1. The summed E-state index contributed by atoms with van der Waals surface area (Å²) in [5.41, 5.74) is 1.61. The lowest BCUT2D eigenvalue weighted by Gasteiger charge is -2.27. The van der Waals surface area contributed by atoms with Crippen molar-refractivity contribution < 1.29 is 13.6 Å². The van der Waals surface area contributed by atoms with Crippen LogP contribution in [0.4, 0.5) is 14.6 Å². The van der Waals surface area contributed by atoms with E-state index in [0.717, 1.165) is 30.0 Å². The van der Waals surface area contributed by atoms with Crippen molar-refractivity contribution >= 4 is 29.1 Å². The van der Waals surface area contributed by atoms with Gasteiger partial charge in [-0.3, -0.25) is 4.79 Å². The second kappa shape index (κ2) is 8.67. The van der Waals surface area contributed by atoms with E-state index in [1.165, 1.54) is 34.6 Å². The Bertz CT molecular complexity index is 1150. The molecule has 5 rings (SSSR count). The Balaban J connectivity index is 1.49. The minimum absolute atomic E-state index is 0.0735. The Morgan fingerprint density at radius 1 is 1.31 bits per heavy atom. The van der Waals surface area contributed by atoms with Crippen molar-refractivity contribution in [1.29, 1.82) is 0 Å². The largest absolute Gasteiger partial charge is 0.347 e. The third-order valence-electron chi connectivity index (χ3n) is 6.07. The SMILES string of the molecule is CSc1ccc(F)cc1[C@H]1C[C@H](F)CN1c1ccc2ncc(C(=O)N[C@H]3CCNC3)n2n1. The molecule has 0 bridgehead atoms. The maximum absolute atomic E-state index is 14.6. The van der Waals surface area contributed by atoms with Crippen LogP contribution in [0.15, 0.2) is 41.4 Å². The molecule has 2 saturated heterocycles. The summed E-state index contributed by atoms with van der Waals surface area (Å²) in [5, 5.41) is 10.9. The summed E-state index contributed by atoms with van der Waals surface area (Å²) in [6, 6.07) is 7.89. The van der Waals surface area contributed by atoms with E-state index in [1.807, 2.05) is 11.2 Å². The lowest BCUT2D eigenvalue weighted by atomic mass is 10.0. The van der Waals surface area contributed by atoms with Crippen molar-refractivity contribution in [1.82, 2.24) is 25.2 Å². The topological polar surface area (TPSA) is 74.6 Å². The van der Waals surface area contributed by atoms with Gasteiger partial charge in [0.25, 0.3) is 5.91 Å². The first-order valence-electron chi connectivity index (χ1n) is 10.6. The van der Waals surface area contributed by atoms with Gasteiger partial charge in [-0.25, -0.2) is 18.3 Å². The smallest absolute Gasteiger partial charge is 0.271 e. The van der Waals surface area contributed by atoms with Gasteiger partial charge in [-0.05, 0) is 55.1 Å². The number of nitrogens with zero attached hydrogens (tertiary/aromatic N) is 4. The maximum Gasteiger partial charge on any atom is 0.271 e. The number of alkyl halides is 1. The minimum atomic E-state index is -1.06. The fourth-order valence-corrected chi connectivity index (χ4v) is 5.14. The molecule has 1 amide bonds. The summed E-state index contributed by atoms with van der Waals surface area (Å²) in [7, 11) is 0. The fraction of sp³-hybridized carbons (Fsp3) is 0.409. The van der Waals surface area contributed by atoms with Gasteiger partial charge in [-0.2, -0.15) is 0 Å². The van der Waals surface area contributed by atoms with Gasteiger partial charge < -0.3 is 15.5 Å². The molecule has 10 heteroatoms. The molecular weight excluding hydrogens is 434 g/mol. The van der Waals surface area contributed by atoms with E-state index in [1.54, 1.807) is 18.2 Å². The second-order valence-corrected chi connectivity index (χ2v) is 9.00. The lowest BCUT2D eigenvalue weighted by Crippen LogP contribution is -2.37. The number of nitrogens with one attached hydrogen (secondary N) is 2. The first-order valence-corrected chi connectivity index (χ1v) is 11.9. The number of hydrogen-bond donors (Lipinski definition) is 2. The van der Waals surface area contributed by atoms with Crippen molar-refractivity contribution in [3.8, 4) is 0 Å². The van der Waals surface area contributed by atoms with Gasteiger partial charge in [0.2, 0.25) is 0 Å². The van der Waals surface area contributed by atoms with Crippen LogP contribution < -0.4 is 15.5 Å². The third kappa shape index (κ3) is 3.93. The summed E-state index contributed by atoms with van der Waals surface area (Å²) in [4.78, 5) is 19.9. The van der Waals surface area contributed by atoms with Crippen LogP contribution in [0, 0.1) is 5.82 Å². The summed E-state index contributed by atoms with van der Waals surface area (Å²) >= 11 is 1.51. The maximum atomic E-state index is 14.6. The van der Waals surface area contributed by atoms with E-state index in [4.69, 9.17) is 0 Å². The number of thioether (sulfide) groups is 1. The Hall–Kier alpha value is -2.72. The molecule has 2 aliphatic heterocycles. The molecule has 0 aliphatic carbocycles. The minimum Gasteiger partial charge on any atom is -0.347 e. The van der Waals surface area contributed by atoms with Gasteiger partial charge in [-0.15, -0.1) is 16.9 Å². The number of hydrogen-bond acceptors (Lipinski definition) is 6. The average Bonchev–Trinajstić information content (AvgIpc) is 3.52. The van der Waals surface area contributed by atoms with E-state index < -0.39 is 6.17 Å². The number of aromatic nitrogens is 3. The Morgan fingerprint density at radius 3 is 2.97 bits per heavy atom. The molecule has 3 aromatic rings. The van der Waals surface area contributed by atoms with Crippen LogP contribution in [-0.2, 0) is 0 Å². The van der Waals surface area contributed by atoms with Gasteiger partial charge in [-0.1, -0.05) is 0 Å². The van der Waals surface area contributed by atoms with Crippen LogP contribution in [0.2, 0.25) is 0 Å². The lowest BCUT2D eigenvalue weighted by molar-refractivity contribution is 0.0933. The first-order chi connectivity index (χ1) is 15.5. The van der Waals surface area contributed by atoms with Gasteiger partial charge in [0.05, 0.1) is 18.8 Å². The van der Waals surface area contributed by atoms with Crippen LogP contribution in [0.3, 0.4) is 0 Å². The second-order valence-electron chi connectivity index (χ2n) is 8.16.